The van der Waals surface area contributed by atoms with Gasteiger partial charge in [0.15, 0.2) is 0 Å². The number of piperidine rings is 1. The number of nitrogens with one attached hydrogen (secondary N) is 1. The zero-order valence-corrected chi connectivity index (χ0v) is 16.5. The molecule has 0 bridgehead atoms. The van der Waals surface area contributed by atoms with Gasteiger partial charge in [0.1, 0.15) is 0 Å². The van der Waals surface area contributed by atoms with Crippen molar-refractivity contribution in [3.63, 3.8) is 0 Å². The van der Waals surface area contributed by atoms with Crippen LogP contribution in [0.4, 0.5) is 18.9 Å². The summed E-state index contributed by atoms with van der Waals surface area (Å²) in [7, 11) is -5.46. The smallest absolute Gasteiger partial charge is 0.339 e. The number of likely N-dealkylation sites (tertiary alicyclic amines) is 1. The Balaban J connectivity index is 1.59. The van der Waals surface area contributed by atoms with Crippen molar-refractivity contribution in [3.05, 3.63) is 60.2 Å². The minimum Gasteiger partial charge on any atom is -0.339 e. The molecule has 1 heterocycles. The van der Waals surface area contributed by atoms with E-state index in [0.29, 0.717) is 31.6 Å². The van der Waals surface area contributed by atoms with Gasteiger partial charge in [-0.05, 0) is 49.2 Å². The lowest BCUT2D eigenvalue weighted by Crippen LogP contribution is -2.41. The second kappa shape index (κ2) is 8.47. The van der Waals surface area contributed by atoms with Crippen molar-refractivity contribution in [2.45, 2.75) is 23.2 Å². The number of rotatable bonds is 4. The molecule has 2 aromatic rings. The van der Waals surface area contributed by atoms with Crippen molar-refractivity contribution in [1.82, 2.24) is 4.90 Å². The molecule has 2 aromatic carbocycles. The van der Waals surface area contributed by atoms with Gasteiger partial charge in [0.25, 0.3) is 15.7 Å². The van der Waals surface area contributed by atoms with Crippen molar-refractivity contribution >= 4 is 27.3 Å². The van der Waals surface area contributed by atoms with Crippen LogP contribution in [0.3, 0.4) is 0 Å². The van der Waals surface area contributed by atoms with Crippen LogP contribution in [-0.4, -0.2) is 43.7 Å². The van der Waals surface area contributed by atoms with E-state index < -0.39 is 26.1 Å². The summed E-state index contributed by atoms with van der Waals surface area (Å²) >= 11 is 0. The van der Waals surface area contributed by atoms with Crippen LogP contribution < -0.4 is 5.32 Å². The lowest BCUT2D eigenvalue weighted by Gasteiger charge is -2.31. The highest BCUT2D eigenvalue weighted by atomic mass is 32.2. The molecule has 1 N–H and O–H groups in total. The first-order valence-electron chi connectivity index (χ1n) is 9.16. The van der Waals surface area contributed by atoms with E-state index in [9.17, 15) is 31.2 Å². The third kappa shape index (κ3) is 4.64. The first kappa shape index (κ1) is 21.8. The molecule has 6 nitrogen and oxygen atoms in total. The number of amides is 2. The van der Waals surface area contributed by atoms with Crippen molar-refractivity contribution in [2.75, 3.05) is 18.4 Å². The van der Waals surface area contributed by atoms with Gasteiger partial charge in [-0.25, -0.2) is 8.42 Å². The Hall–Kier alpha value is -2.88. The molecule has 0 saturated carbocycles. The average Bonchev–Trinajstić information content (AvgIpc) is 2.73. The third-order valence-electron chi connectivity index (χ3n) is 4.91. The largest absolute Gasteiger partial charge is 0.501 e. The first-order valence-corrected chi connectivity index (χ1v) is 10.6. The highest BCUT2D eigenvalue weighted by molar-refractivity contribution is 7.92. The normalized spacial score (nSPS) is 15.6. The molecule has 0 aliphatic carbocycles. The highest BCUT2D eigenvalue weighted by Crippen LogP contribution is 2.30. The first-order chi connectivity index (χ1) is 14.1. The number of halogens is 3. The van der Waals surface area contributed by atoms with Crippen LogP contribution in [0.15, 0.2) is 59.5 Å². The van der Waals surface area contributed by atoms with E-state index in [2.05, 4.69) is 5.32 Å². The summed E-state index contributed by atoms with van der Waals surface area (Å²) in [5, 5.41) is 2.83. The lowest BCUT2D eigenvalue weighted by atomic mass is 9.95. The van der Waals surface area contributed by atoms with E-state index in [-0.39, 0.29) is 17.4 Å². The van der Waals surface area contributed by atoms with E-state index in [1.807, 2.05) is 18.2 Å². The fourth-order valence-corrected chi connectivity index (χ4v) is 3.97. The zero-order valence-electron chi connectivity index (χ0n) is 15.7. The van der Waals surface area contributed by atoms with Crippen LogP contribution in [0.5, 0.6) is 0 Å². The van der Waals surface area contributed by atoms with Gasteiger partial charge in [0, 0.05) is 30.3 Å². The molecule has 0 atom stereocenters. The van der Waals surface area contributed by atoms with Crippen molar-refractivity contribution in [3.8, 4) is 0 Å². The number of hydrogen-bond donors (Lipinski definition) is 1. The molecule has 0 spiro atoms. The Morgan fingerprint density at radius 2 is 1.50 bits per heavy atom. The van der Waals surface area contributed by atoms with Gasteiger partial charge < -0.3 is 10.2 Å². The quantitative estimate of drug-likeness (QED) is 0.789. The van der Waals surface area contributed by atoms with Gasteiger partial charge in [-0.3, -0.25) is 9.59 Å². The maximum absolute atomic E-state index is 12.6. The molecule has 3 rings (SSSR count). The minimum absolute atomic E-state index is 0.0864. The summed E-state index contributed by atoms with van der Waals surface area (Å²) in [6.07, 6.45) is 0.899. The van der Waals surface area contributed by atoms with Crippen molar-refractivity contribution in [2.24, 2.45) is 5.92 Å². The van der Waals surface area contributed by atoms with Crippen molar-refractivity contribution in [1.29, 1.82) is 0 Å². The molecule has 30 heavy (non-hydrogen) atoms. The maximum atomic E-state index is 12.6. The molecule has 0 radical (unpaired) electrons. The second-order valence-corrected chi connectivity index (χ2v) is 8.84. The predicted octanol–water partition coefficient (Wildman–Crippen LogP) is 3.47. The standard InChI is InChI=1S/C20H19F3N2O4S/c21-20(22,23)30(28,29)17-8-6-15(7-9-17)19(27)25-12-10-14(11-13-25)18(26)24-16-4-2-1-3-5-16/h1-9,14H,10-13H2,(H,24,26). The molecular formula is C20H19F3N2O4S. The van der Waals surface area contributed by atoms with Gasteiger partial charge in [0.05, 0.1) is 4.90 Å². The lowest BCUT2D eigenvalue weighted by molar-refractivity contribution is -0.121. The van der Waals surface area contributed by atoms with Crippen LogP contribution >= 0.6 is 0 Å². The zero-order chi connectivity index (χ0) is 21.9. The Morgan fingerprint density at radius 1 is 0.933 bits per heavy atom. The topological polar surface area (TPSA) is 83.6 Å². The number of sulfone groups is 1. The fraction of sp³-hybridized carbons (Fsp3) is 0.300. The molecule has 1 aliphatic heterocycles. The van der Waals surface area contributed by atoms with E-state index in [1.54, 1.807) is 12.1 Å². The molecule has 10 heteroatoms. The number of anilines is 1. The summed E-state index contributed by atoms with van der Waals surface area (Å²) in [4.78, 5) is 25.5. The van der Waals surface area contributed by atoms with Gasteiger partial charge in [-0.1, -0.05) is 18.2 Å². The fourth-order valence-electron chi connectivity index (χ4n) is 3.20. The number of benzene rings is 2. The number of alkyl halides is 3. The van der Waals surface area contributed by atoms with Crippen LogP contribution in [0.2, 0.25) is 0 Å². The van der Waals surface area contributed by atoms with E-state index in [1.165, 1.54) is 4.90 Å². The minimum atomic E-state index is -5.46. The predicted molar refractivity (Wildman–Crippen MR) is 103 cm³/mol. The number of carbonyl (C=O) groups is 2. The second-order valence-electron chi connectivity index (χ2n) is 6.90. The average molecular weight is 440 g/mol. The number of para-hydroxylation sites is 1. The van der Waals surface area contributed by atoms with Gasteiger partial charge >= 0.3 is 5.51 Å². The Kier molecular flexibility index (Phi) is 6.16. The summed E-state index contributed by atoms with van der Waals surface area (Å²) in [5.41, 5.74) is -4.63. The van der Waals surface area contributed by atoms with E-state index in [0.717, 1.165) is 24.3 Å². The van der Waals surface area contributed by atoms with E-state index in [4.69, 9.17) is 0 Å². The number of hydrogen-bond acceptors (Lipinski definition) is 4. The van der Waals surface area contributed by atoms with Crippen LogP contribution in [-0.2, 0) is 14.6 Å². The molecule has 0 unspecified atom stereocenters. The number of carbonyl (C=O) groups excluding carboxylic acids is 2. The highest BCUT2D eigenvalue weighted by Gasteiger charge is 2.46. The molecule has 0 aromatic heterocycles. The summed E-state index contributed by atoms with van der Waals surface area (Å²) in [6, 6.07) is 12.7. The van der Waals surface area contributed by atoms with Crippen LogP contribution in [0, 0.1) is 5.92 Å². The van der Waals surface area contributed by atoms with Gasteiger partial charge in [-0.2, -0.15) is 13.2 Å². The summed E-state index contributed by atoms with van der Waals surface area (Å²) in [6.45, 7) is 0.628. The molecule has 1 aliphatic rings. The number of nitrogens with zero attached hydrogens (tertiary/aromatic N) is 1. The van der Waals surface area contributed by atoms with Crippen molar-refractivity contribution < 1.29 is 31.2 Å². The molecule has 2 amide bonds. The molecule has 160 valence electrons. The SMILES string of the molecule is O=C(Nc1ccccc1)C1CCN(C(=O)c2ccc(S(=O)(=O)C(F)(F)F)cc2)CC1. The molecule has 1 saturated heterocycles. The molecular weight excluding hydrogens is 421 g/mol. The maximum Gasteiger partial charge on any atom is 0.501 e. The monoisotopic (exact) mass is 440 g/mol. The van der Waals surface area contributed by atoms with Crippen LogP contribution in [0.1, 0.15) is 23.2 Å². The van der Waals surface area contributed by atoms with Gasteiger partial charge in [-0.15, -0.1) is 0 Å². The Bertz CT molecular complexity index is 1010. The van der Waals surface area contributed by atoms with Gasteiger partial charge in [0.2, 0.25) is 5.91 Å². The molecule has 1 fully saturated rings. The Labute approximate surface area is 171 Å². The summed E-state index contributed by atoms with van der Waals surface area (Å²) in [5.74, 6) is -0.809. The van der Waals surface area contributed by atoms with E-state index >= 15 is 0 Å². The summed E-state index contributed by atoms with van der Waals surface area (Å²) < 4.78 is 60.7. The Morgan fingerprint density at radius 3 is 2.03 bits per heavy atom. The van der Waals surface area contributed by atoms with Crippen LogP contribution in [0.25, 0.3) is 0 Å². The third-order valence-corrected chi connectivity index (χ3v) is 6.41.